The van der Waals surface area contributed by atoms with Gasteiger partial charge in [-0.05, 0) is 36.3 Å². The van der Waals surface area contributed by atoms with Crippen molar-refractivity contribution in [2.75, 3.05) is 11.5 Å². The molecule has 0 spiro atoms. The van der Waals surface area contributed by atoms with Crippen LogP contribution in [-0.4, -0.2) is 36.8 Å². The van der Waals surface area contributed by atoms with E-state index in [1.54, 1.807) is 48.5 Å². The van der Waals surface area contributed by atoms with Crippen LogP contribution in [0.1, 0.15) is 17.5 Å². The lowest BCUT2D eigenvalue weighted by Gasteiger charge is -2.27. The van der Waals surface area contributed by atoms with E-state index in [2.05, 4.69) is 0 Å². The molecule has 0 aromatic heterocycles. The fourth-order valence-corrected chi connectivity index (χ4v) is 4.91. The lowest BCUT2D eigenvalue weighted by Crippen LogP contribution is -2.39. The minimum atomic E-state index is -3.17. The fourth-order valence-electron chi connectivity index (χ4n) is 3.06. The number of carbonyl (C=O) groups excluding carboxylic acids is 1. The normalized spacial score (nSPS) is 18.7. The van der Waals surface area contributed by atoms with Crippen LogP contribution in [0.5, 0.6) is 0 Å². The molecule has 1 aliphatic heterocycles. The number of nitrogens with zero attached hydrogens (tertiary/aromatic N) is 1. The van der Waals surface area contributed by atoms with Gasteiger partial charge in [0.1, 0.15) is 5.82 Å². The molecule has 1 atom stereocenters. The number of hydrogen-bond donors (Lipinski definition) is 0. The van der Waals surface area contributed by atoms with Gasteiger partial charge in [0.2, 0.25) is 5.91 Å². The van der Waals surface area contributed by atoms with Crippen molar-refractivity contribution in [2.45, 2.75) is 19.0 Å². The molecule has 2 aromatic carbocycles. The number of amides is 1. The van der Waals surface area contributed by atoms with Gasteiger partial charge in [-0.15, -0.1) is 0 Å². The van der Waals surface area contributed by atoms with E-state index in [0.29, 0.717) is 17.0 Å². The van der Waals surface area contributed by atoms with Crippen LogP contribution in [0.3, 0.4) is 0 Å². The molecule has 0 bridgehead atoms. The molecule has 0 aliphatic carbocycles. The Morgan fingerprint density at radius 3 is 2.52 bits per heavy atom. The Labute approximate surface area is 163 Å². The Kier molecular flexibility index (Phi) is 5.97. The van der Waals surface area contributed by atoms with Gasteiger partial charge in [0.25, 0.3) is 0 Å². The first-order valence-corrected chi connectivity index (χ1v) is 10.7. The first kappa shape index (κ1) is 19.6. The number of carbonyl (C=O) groups is 1. The van der Waals surface area contributed by atoms with Crippen LogP contribution >= 0.6 is 11.6 Å². The van der Waals surface area contributed by atoms with Crippen molar-refractivity contribution < 1.29 is 17.6 Å². The van der Waals surface area contributed by atoms with Gasteiger partial charge in [0.15, 0.2) is 9.84 Å². The van der Waals surface area contributed by atoms with Crippen LogP contribution in [0.25, 0.3) is 6.08 Å². The Balaban J connectivity index is 1.83. The first-order valence-electron chi connectivity index (χ1n) is 8.52. The van der Waals surface area contributed by atoms with Gasteiger partial charge in [-0.2, -0.15) is 0 Å². The molecule has 3 rings (SSSR count). The van der Waals surface area contributed by atoms with Crippen molar-refractivity contribution in [3.8, 4) is 0 Å². The van der Waals surface area contributed by atoms with Crippen LogP contribution in [0.4, 0.5) is 4.39 Å². The summed E-state index contributed by atoms with van der Waals surface area (Å²) in [6.07, 6.45) is 3.38. The summed E-state index contributed by atoms with van der Waals surface area (Å²) >= 11 is 5.85. The lowest BCUT2D eigenvalue weighted by molar-refractivity contribution is -0.128. The van der Waals surface area contributed by atoms with Crippen molar-refractivity contribution in [2.24, 2.45) is 0 Å². The molecule has 1 saturated heterocycles. The second-order valence-electron chi connectivity index (χ2n) is 6.50. The smallest absolute Gasteiger partial charge is 0.247 e. The van der Waals surface area contributed by atoms with E-state index in [0.717, 1.165) is 5.56 Å². The zero-order valence-corrected chi connectivity index (χ0v) is 16.1. The topological polar surface area (TPSA) is 54.5 Å². The Morgan fingerprint density at radius 1 is 1.19 bits per heavy atom. The summed E-state index contributed by atoms with van der Waals surface area (Å²) in [6.45, 7) is 0.0245. The predicted molar refractivity (Wildman–Crippen MR) is 104 cm³/mol. The van der Waals surface area contributed by atoms with E-state index in [9.17, 15) is 17.6 Å². The average molecular weight is 408 g/mol. The quantitative estimate of drug-likeness (QED) is 0.710. The van der Waals surface area contributed by atoms with E-state index in [1.807, 2.05) is 0 Å². The second-order valence-corrected chi connectivity index (χ2v) is 9.16. The van der Waals surface area contributed by atoms with Crippen molar-refractivity contribution in [1.29, 1.82) is 0 Å². The van der Waals surface area contributed by atoms with Gasteiger partial charge >= 0.3 is 0 Å². The number of sulfone groups is 1. The van der Waals surface area contributed by atoms with Crippen LogP contribution < -0.4 is 0 Å². The highest BCUT2D eigenvalue weighted by Gasteiger charge is 2.34. The largest absolute Gasteiger partial charge is 0.331 e. The minimum Gasteiger partial charge on any atom is -0.331 e. The number of hydrogen-bond acceptors (Lipinski definition) is 3. The van der Waals surface area contributed by atoms with Gasteiger partial charge in [-0.25, -0.2) is 12.8 Å². The summed E-state index contributed by atoms with van der Waals surface area (Å²) in [7, 11) is -3.17. The molecule has 1 heterocycles. The molecule has 1 fully saturated rings. The molecule has 4 nitrogen and oxygen atoms in total. The molecule has 0 N–H and O–H groups in total. The number of benzene rings is 2. The van der Waals surface area contributed by atoms with Crippen LogP contribution in [0.2, 0.25) is 5.02 Å². The van der Waals surface area contributed by atoms with Crippen LogP contribution in [0, 0.1) is 5.82 Å². The average Bonchev–Trinajstić information content (AvgIpc) is 3.00. The summed E-state index contributed by atoms with van der Waals surface area (Å²) in [6, 6.07) is 12.7. The molecule has 27 heavy (non-hydrogen) atoms. The van der Waals surface area contributed by atoms with E-state index in [-0.39, 0.29) is 24.0 Å². The molecule has 0 saturated carbocycles. The zero-order chi connectivity index (χ0) is 19.4. The SMILES string of the molecule is O=C(C=Cc1ccc(Cl)cc1)N(Cc1ccccc1F)C1CCS(=O)(=O)C1. The fraction of sp³-hybridized carbons (Fsp3) is 0.250. The van der Waals surface area contributed by atoms with Crippen molar-refractivity contribution in [1.82, 2.24) is 4.90 Å². The van der Waals surface area contributed by atoms with Crippen LogP contribution in [0.15, 0.2) is 54.6 Å². The third kappa shape index (κ3) is 5.17. The lowest BCUT2D eigenvalue weighted by atomic mass is 10.1. The molecule has 2 aromatic rings. The molecule has 7 heteroatoms. The molecule has 0 radical (unpaired) electrons. The van der Waals surface area contributed by atoms with Gasteiger partial charge < -0.3 is 4.90 Å². The molecule has 1 amide bonds. The molecular formula is C20H19ClFNO3S. The second kappa shape index (κ2) is 8.23. The van der Waals surface area contributed by atoms with Gasteiger partial charge in [-0.3, -0.25) is 4.79 Å². The molecular weight excluding hydrogens is 389 g/mol. The van der Waals surface area contributed by atoms with Crippen molar-refractivity contribution in [3.63, 3.8) is 0 Å². The predicted octanol–water partition coefficient (Wildman–Crippen LogP) is 3.71. The number of rotatable bonds is 5. The third-order valence-electron chi connectivity index (χ3n) is 4.52. The zero-order valence-electron chi connectivity index (χ0n) is 14.5. The Hall–Kier alpha value is -2.18. The highest BCUT2D eigenvalue weighted by atomic mass is 35.5. The van der Waals surface area contributed by atoms with E-state index in [4.69, 9.17) is 11.6 Å². The third-order valence-corrected chi connectivity index (χ3v) is 6.52. The first-order chi connectivity index (χ1) is 12.8. The maximum Gasteiger partial charge on any atom is 0.247 e. The van der Waals surface area contributed by atoms with E-state index in [1.165, 1.54) is 17.0 Å². The van der Waals surface area contributed by atoms with E-state index < -0.39 is 21.7 Å². The van der Waals surface area contributed by atoms with Crippen molar-refractivity contribution >= 4 is 33.4 Å². The Morgan fingerprint density at radius 2 is 1.89 bits per heavy atom. The summed E-state index contributed by atoms with van der Waals surface area (Å²) in [5, 5.41) is 0.593. The highest BCUT2D eigenvalue weighted by Crippen LogP contribution is 2.22. The summed E-state index contributed by atoms with van der Waals surface area (Å²) in [5.41, 5.74) is 1.15. The minimum absolute atomic E-state index is 0.0245. The number of halogens is 2. The van der Waals surface area contributed by atoms with Crippen LogP contribution in [-0.2, 0) is 21.2 Å². The maximum absolute atomic E-state index is 14.1. The highest BCUT2D eigenvalue weighted by molar-refractivity contribution is 7.91. The monoisotopic (exact) mass is 407 g/mol. The van der Waals surface area contributed by atoms with Crippen molar-refractivity contribution in [3.05, 3.63) is 76.6 Å². The van der Waals surface area contributed by atoms with Gasteiger partial charge in [0.05, 0.1) is 11.5 Å². The van der Waals surface area contributed by atoms with E-state index >= 15 is 0 Å². The summed E-state index contributed by atoms with van der Waals surface area (Å²) in [5.74, 6) is -0.824. The molecule has 1 aliphatic rings. The molecule has 142 valence electrons. The Bertz CT molecular complexity index is 957. The molecule has 1 unspecified atom stereocenters. The summed E-state index contributed by atoms with van der Waals surface area (Å²) < 4.78 is 37.8. The van der Waals surface area contributed by atoms with Gasteiger partial charge in [0, 0.05) is 29.2 Å². The maximum atomic E-state index is 14.1. The standard InChI is InChI=1S/C20H19ClFNO3S/c21-17-8-5-15(6-9-17)7-10-20(24)23(18-11-12-27(25,26)14-18)13-16-3-1-2-4-19(16)22/h1-10,18H,11-14H2. The van der Waals surface area contributed by atoms with Gasteiger partial charge in [-0.1, -0.05) is 41.9 Å². The summed E-state index contributed by atoms with van der Waals surface area (Å²) in [4.78, 5) is 14.2.